The third kappa shape index (κ3) is 2.75. The average molecular weight is 295 g/mol. The van der Waals surface area contributed by atoms with Crippen molar-refractivity contribution in [3.63, 3.8) is 0 Å². The maximum atomic E-state index is 10.6. The van der Waals surface area contributed by atoms with Gasteiger partial charge in [0.25, 0.3) is 0 Å². The fourth-order valence-electron chi connectivity index (χ4n) is 2.95. The summed E-state index contributed by atoms with van der Waals surface area (Å²) in [6.07, 6.45) is 3.39. The molecule has 4 nitrogen and oxygen atoms in total. The van der Waals surface area contributed by atoms with Gasteiger partial charge in [0.05, 0.1) is 23.9 Å². The van der Waals surface area contributed by atoms with Crippen LogP contribution in [-0.4, -0.2) is 34.4 Å². The highest BCUT2D eigenvalue weighted by Crippen LogP contribution is 2.27. The number of aromatic nitrogens is 2. The highest BCUT2D eigenvalue weighted by molar-refractivity contribution is 5.80. The van der Waals surface area contributed by atoms with Crippen molar-refractivity contribution in [1.29, 1.82) is 0 Å². The maximum Gasteiger partial charge on any atom is 0.0912 e. The summed E-state index contributed by atoms with van der Waals surface area (Å²) in [6, 6.07) is 14.1. The molecular weight excluding hydrogens is 274 g/mol. The third-order valence-corrected chi connectivity index (χ3v) is 3.96. The van der Waals surface area contributed by atoms with Crippen molar-refractivity contribution in [2.45, 2.75) is 19.1 Å². The summed E-state index contributed by atoms with van der Waals surface area (Å²) >= 11 is 0. The minimum absolute atomic E-state index is 0.143. The number of hydrogen-bond acceptors (Lipinski definition) is 3. The molecule has 2 unspecified atom stereocenters. The van der Waals surface area contributed by atoms with Crippen molar-refractivity contribution in [3.8, 4) is 0 Å². The summed E-state index contributed by atoms with van der Waals surface area (Å²) in [7, 11) is 1.85. The van der Waals surface area contributed by atoms with Crippen LogP contribution in [0.1, 0.15) is 17.3 Å². The van der Waals surface area contributed by atoms with Gasteiger partial charge in [-0.15, -0.1) is 0 Å². The molecule has 0 aliphatic rings. The molecule has 2 atom stereocenters. The van der Waals surface area contributed by atoms with E-state index in [1.165, 1.54) is 0 Å². The van der Waals surface area contributed by atoms with Crippen molar-refractivity contribution in [2.24, 2.45) is 0 Å². The summed E-state index contributed by atoms with van der Waals surface area (Å²) in [5.41, 5.74) is 3.12. The van der Waals surface area contributed by atoms with Gasteiger partial charge in [-0.05, 0) is 31.7 Å². The molecule has 2 N–H and O–H groups in total. The fourth-order valence-corrected chi connectivity index (χ4v) is 2.95. The van der Waals surface area contributed by atoms with E-state index < -0.39 is 6.10 Å². The molecule has 0 radical (unpaired) electrons. The topological polar surface area (TPSA) is 50.1 Å². The number of benzene rings is 1. The number of likely N-dealkylation sites (N-methyl/N-ethyl adjacent to an activating group) is 1. The lowest BCUT2D eigenvalue weighted by Gasteiger charge is -2.26. The van der Waals surface area contributed by atoms with E-state index in [1.807, 2.05) is 44.6 Å². The van der Waals surface area contributed by atoms with Crippen LogP contribution in [0.25, 0.3) is 10.9 Å². The number of aliphatic hydroxyl groups is 1. The fraction of sp³-hybridized carbons (Fsp3) is 0.278. The molecule has 0 fully saturated rings. The minimum atomic E-state index is -0.524. The molecule has 3 rings (SSSR count). The van der Waals surface area contributed by atoms with Crippen molar-refractivity contribution in [2.75, 3.05) is 13.6 Å². The molecule has 0 aliphatic carbocycles. The largest absolute Gasteiger partial charge is 0.389 e. The number of nitrogens with one attached hydrogen (secondary N) is 1. The van der Waals surface area contributed by atoms with Crippen LogP contribution in [0, 0.1) is 6.92 Å². The van der Waals surface area contributed by atoms with Gasteiger partial charge in [0.1, 0.15) is 0 Å². The summed E-state index contributed by atoms with van der Waals surface area (Å²) in [4.78, 5) is 4.40. The Labute approximate surface area is 130 Å². The van der Waals surface area contributed by atoms with Gasteiger partial charge >= 0.3 is 0 Å². The summed E-state index contributed by atoms with van der Waals surface area (Å²) in [6.45, 7) is 2.51. The quantitative estimate of drug-likeness (QED) is 0.760. The van der Waals surface area contributed by atoms with Crippen LogP contribution in [0.15, 0.2) is 54.9 Å². The Bertz CT molecular complexity index is 751. The monoisotopic (exact) mass is 295 g/mol. The maximum absolute atomic E-state index is 10.6. The van der Waals surface area contributed by atoms with Crippen LogP contribution in [0.2, 0.25) is 0 Å². The first kappa shape index (κ1) is 14.8. The van der Waals surface area contributed by atoms with Crippen LogP contribution >= 0.6 is 0 Å². The SMILES string of the molecule is CNCC(O)C(c1ccccc1)n1ccc2cc(C)ncc21. The van der Waals surface area contributed by atoms with Crippen molar-refractivity contribution >= 4 is 10.9 Å². The molecular formula is C18H21N3O. The van der Waals surface area contributed by atoms with Crippen LogP contribution in [-0.2, 0) is 0 Å². The molecule has 22 heavy (non-hydrogen) atoms. The van der Waals surface area contributed by atoms with E-state index in [4.69, 9.17) is 0 Å². The van der Waals surface area contributed by atoms with E-state index >= 15 is 0 Å². The first-order chi connectivity index (χ1) is 10.7. The standard InChI is InChI=1S/C18H21N3O/c1-13-10-15-8-9-21(16(15)11-20-13)18(17(22)12-19-2)14-6-4-3-5-7-14/h3-11,17-19,22H,12H2,1-2H3. The molecule has 114 valence electrons. The lowest BCUT2D eigenvalue weighted by Crippen LogP contribution is -2.33. The zero-order valence-corrected chi connectivity index (χ0v) is 12.9. The highest BCUT2D eigenvalue weighted by atomic mass is 16.3. The summed E-state index contributed by atoms with van der Waals surface area (Å²) in [5.74, 6) is 0. The Morgan fingerprint density at radius 2 is 2.00 bits per heavy atom. The second kappa shape index (κ2) is 6.30. The number of nitrogens with zero attached hydrogens (tertiary/aromatic N) is 2. The van der Waals surface area contributed by atoms with Gasteiger partial charge in [0, 0.05) is 23.8 Å². The van der Waals surface area contributed by atoms with Crippen molar-refractivity contribution in [1.82, 2.24) is 14.9 Å². The summed E-state index contributed by atoms with van der Waals surface area (Å²) < 4.78 is 2.11. The second-order valence-electron chi connectivity index (χ2n) is 5.59. The second-order valence-corrected chi connectivity index (χ2v) is 5.59. The van der Waals surface area contributed by atoms with Crippen LogP contribution in [0.3, 0.4) is 0 Å². The Morgan fingerprint density at radius 3 is 2.73 bits per heavy atom. The smallest absolute Gasteiger partial charge is 0.0912 e. The molecule has 2 heterocycles. The van der Waals surface area contributed by atoms with Gasteiger partial charge in [-0.1, -0.05) is 30.3 Å². The van der Waals surface area contributed by atoms with Gasteiger partial charge in [0.15, 0.2) is 0 Å². The zero-order chi connectivity index (χ0) is 15.5. The van der Waals surface area contributed by atoms with E-state index in [0.717, 1.165) is 22.2 Å². The molecule has 0 aliphatic heterocycles. The summed E-state index contributed by atoms with van der Waals surface area (Å²) in [5, 5.41) is 14.8. The predicted octanol–water partition coefficient (Wildman–Crippen LogP) is 2.51. The van der Waals surface area contributed by atoms with E-state index in [1.54, 1.807) is 0 Å². The number of fused-ring (bicyclic) bond motifs is 1. The highest BCUT2D eigenvalue weighted by Gasteiger charge is 2.23. The lowest BCUT2D eigenvalue weighted by atomic mass is 10.0. The van der Waals surface area contributed by atoms with E-state index in [-0.39, 0.29) is 6.04 Å². The van der Waals surface area contributed by atoms with Gasteiger partial charge in [-0.2, -0.15) is 0 Å². The molecule has 0 amide bonds. The predicted molar refractivity (Wildman–Crippen MR) is 89.0 cm³/mol. The third-order valence-electron chi connectivity index (χ3n) is 3.96. The molecule has 2 aromatic heterocycles. The van der Waals surface area contributed by atoms with Gasteiger partial charge in [-0.25, -0.2) is 0 Å². The number of rotatable bonds is 5. The first-order valence-electron chi connectivity index (χ1n) is 7.51. The van der Waals surface area contributed by atoms with E-state index in [2.05, 4.69) is 39.1 Å². The number of aryl methyl sites for hydroxylation is 1. The molecule has 3 aromatic rings. The lowest BCUT2D eigenvalue weighted by molar-refractivity contribution is 0.132. The average Bonchev–Trinajstić information content (AvgIpc) is 2.92. The Balaban J connectivity index is 2.11. The molecule has 1 aromatic carbocycles. The van der Waals surface area contributed by atoms with Crippen LogP contribution in [0.5, 0.6) is 0 Å². The van der Waals surface area contributed by atoms with Crippen LogP contribution in [0.4, 0.5) is 0 Å². The van der Waals surface area contributed by atoms with E-state index in [9.17, 15) is 5.11 Å². The van der Waals surface area contributed by atoms with Gasteiger partial charge in [-0.3, -0.25) is 4.98 Å². The van der Waals surface area contributed by atoms with Gasteiger partial charge in [0.2, 0.25) is 0 Å². The normalized spacial score (nSPS) is 14.1. The Morgan fingerprint density at radius 1 is 1.23 bits per heavy atom. The molecule has 0 bridgehead atoms. The van der Waals surface area contributed by atoms with Crippen molar-refractivity contribution < 1.29 is 5.11 Å². The Kier molecular flexibility index (Phi) is 4.22. The van der Waals surface area contributed by atoms with Gasteiger partial charge < -0.3 is 15.0 Å². The molecule has 0 saturated heterocycles. The number of pyridine rings is 1. The number of aliphatic hydroxyl groups excluding tert-OH is 1. The molecule has 0 spiro atoms. The molecule has 4 heteroatoms. The van der Waals surface area contributed by atoms with Crippen molar-refractivity contribution in [3.05, 3.63) is 66.1 Å². The number of hydrogen-bond donors (Lipinski definition) is 2. The molecule has 0 saturated carbocycles. The zero-order valence-electron chi connectivity index (χ0n) is 12.9. The Hall–Kier alpha value is -2.17. The first-order valence-corrected chi connectivity index (χ1v) is 7.51. The van der Waals surface area contributed by atoms with Crippen LogP contribution < -0.4 is 5.32 Å². The minimum Gasteiger partial charge on any atom is -0.389 e. The van der Waals surface area contributed by atoms with E-state index in [0.29, 0.717) is 6.54 Å².